The summed E-state index contributed by atoms with van der Waals surface area (Å²) in [6, 6.07) is 0. The smallest absolute Gasteiger partial charge is 0.0224 e. The number of hydrogen-bond acceptors (Lipinski definition) is 0. The molecule has 6 heavy (non-hydrogen) atoms. The topological polar surface area (TPSA) is 15.8 Å². The zero-order valence-electron chi connectivity index (χ0n) is 3.78. The summed E-state index contributed by atoms with van der Waals surface area (Å²) in [5.41, 5.74) is 1.41. The van der Waals surface area contributed by atoms with E-state index < -0.39 is 0 Å². The van der Waals surface area contributed by atoms with Gasteiger partial charge in [0.25, 0.3) is 0 Å². The molecule has 1 aromatic heterocycles. The van der Waals surface area contributed by atoms with Crippen molar-refractivity contribution in [1.82, 2.24) is 4.75 Å². The van der Waals surface area contributed by atoms with Gasteiger partial charge in [-0.2, -0.15) is 0 Å². The number of aromatic amines is 1. The monoisotopic (exact) mass is 101 g/mol. The molecule has 34 valence electrons. The maximum atomic E-state index is 3.18. The minimum absolute atomic E-state index is 0.896. The maximum Gasteiger partial charge on any atom is 0.0224 e. The predicted molar refractivity (Wildman–Crippen MR) is 29.7 cm³/mol. The zero-order valence-corrected chi connectivity index (χ0v) is 4.78. The first-order valence-electron chi connectivity index (χ1n) is 2.14. The zero-order chi connectivity index (χ0) is 4.41. The van der Waals surface area contributed by atoms with Crippen molar-refractivity contribution in [3.8, 4) is 0 Å². The molecule has 1 aromatic rings. The highest BCUT2D eigenvalue weighted by Crippen LogP contribution is 2.07. The van der Waals surface area contributed by atoms with Gasteiger partial charge in [0, 0.05) is 5.69 Å². The van der Waals surface area contributed by atoms with Crippen LogP contribution in [-0.4, -0.2) is 4.75 Å². The van der Waals surface area contributed by atoms with Gasteiger partial charge in [-0.25, -0.2) is 0 Å². The van der Waals surface area contributed by atoms with Crippen molar-refractivity contribution in [3.63, 3.8) is 0 Å². The van der Waals surface area contributed by atoms with E-state index in [2.05, 4.69) is 17.5 Å². The number of nitrogens with one attached hydrogen (secondary N) is 1. The number of rotatable bonds is 1. The van der Waals surface area contributed by atoms with Crippen molar-refractivity contribution in [3.05, 3.63) is 11.5 Å². The Kier molecular flexibility index (Phi) is 1.02. The van der Waals surface area contributed by atoms with E-state index in [1.165, 1.54) is 12.1 Å². The molecule has 0 amide bonds. The van der Waals surface area contributed by atoms with Crippen LogP contribution in [-0.2, 0) is 6.42 Å². The lowest BCUT2D eigenvalue weighted by Gasteiger charge is -1.95. The average Bonchev–Trinajstić information content (AvgIpc) is 1.31. The molecule has 1 atom stereocenters. The molecule has 0 aliphatic rings. The van der Waals surface area contributed by atoms with Gasteiger partial charge in [-0.1, -0.05) is 15.3 Å². The fraction of sp³-hybridized carbons (Fsp3) is 0.500. The van der Waals surface area contributed by atoms with Gasteiger partial charge in [0.1, 0.15) is 0 Å². The summed E-state index contributed by atoms with van der Waals surface area (Å²) in [7, 11) is 0.896. The van der Waals surface area contributed by atoms with E-state index in [1.807, 2.05) is 0 Å². The molecule has 0 bridgehead atoms. The van der Waals surface area contributed by atoms with Crippen LogP contribution in [0.2, 0.25) is 0 Å². The predicted octanol–water partition coefficient (Wildman–Crippen LogP) is 1.61. The molecule has 0 spiro atoms. The Morgan fingerprint density at radius 1 is 2.00 bits per heavy atom. The van der Waals surface area contributed by atoms with Gasteiger partial charge in [-0.15, -0.1) is 0 Å². The Balaban J connectivity index is 2.51. The molecule has 1 nitrogen and oxygen atoms in total. The summed E-state index contributed by atoms with van der Waals surface area (Å²) >= 11 is 0. The van der Waals surface area contributed by atoms with Crippen LogP contribution < -0.4 is 0 Å². The standard InChI is InChI=1S/C4H8NP/c1-2-4-3-6-5-4/h3,5-6H,2H2,1H3. The minimum Gasteiger partial charge on any atom is -0.351 e. The quantitative estimate of drug-likeness (QED) is 0.553. The van der Waals surface area contributed by atoms with Crippen LogP contribution in [0.4, 0.5) is 0 Å². The third-order valence-electron chi connectivity index (χ3n) is 0.860. The largest absolute Gasteiger partial charge is 0.351 e. The van der Waals surface area contributed by atoms with E-state index >= 15 is 0 Å². The Hall–Kier alpha value is -0.160. The fourth-order valence-electron chi connectivity index (χ4n) is 0.365. The lowest BCUT2D eigenvalue weighted by Crippen LogP contribution is -1.80. The Labute approximate surface area is 38.9 Å². The highest BCUT2D eigenvalue weighted by Gasteiger charge is 1.83. The molecule has 0 aliphatic carbocycles. The van der Waals surface area contributed by atoms with E-state index in [4.69, 9.17) is 0 Å². The molecule has 1 unspecified atom stereocenters. The summed E-state index contributed by atoms with van der Waals surface area (Å²) < 4.78 is 3.18. The number of aryl methyl sites for hydroxylation is 1. The van der Waals surface area contributed by atoms with Crippen molar-refractivity contribution in [2.75, 3.05) is 0 Å². The van der Waals surface area contributed by atoms with Crippen LogP contribution in [0.1, 0.15) is 12.6 Å². The normalized spacial score (nSPS) is 10.8. The van der Waals surface area contributed by atoms with Crippen molar-refractivity contribution in [2.45, 2.75) is 13.3 Å². The van der Waals surface area contributed by atoms with Gasteiger partial charge in [0.15, 0.2) is 0 Å². The van der Waals surface area contributed by atoms with Gasteiger partial charge >= 0.3 is 0 Å². The van der Waals surface area contributed by atoms with E-state index in [1.54, 1.807) is 0 Å². The molecule has 1 heterocycles. The third-order valence-corrected chi connectivity index (χ3v) is 1.82. The van der Waals surface area contributed by atoms with Crippen LogP contribution in [0.5, 0.6) is 0 Å². The highest BCUT2D eigenvalue weighted by molar-refractivity contribution is 7.25. The third kappa shape index (κ3) is 0.504. The first-order valence-corrected chi connectivity index (χ1v) is 3.22. The van der Waals surface area contributed by atoms with Gasteiger partial charge in [-0.3, -0.25) is 0 Å². The van der Waals surface area contributed by atoms with Crippen LogP contribution >= 0.6 is 8.35 Å². The van der Waals surface area contributed by atoms with Gasteiger partial charge in [0.2, 0.25) is 0 Å². The average molecular weight is 101 g/mol. The molecular formula is C4H8NP. The molecule has 0 radical (unpaired) electrons. The van der Waals surface area contributed by atoms with Crippen molar-refractivity contribution < 1.29 is 0 Å². The van der Waals surface area contributed by atoms with E-state index in [0.29, 0.717) is 0 Å². The van der Waals surface area contributed by atoms with E-state index in [9.17, 15) is 0 Å². The van der Waals surface area contributed by atoms with Crippen LogP contribution in [0, 0.1) is 0 Å². The van der Waals surface area contributed by atoms with Gasteiger partial charge in [-0.05, 0) is 12.2 Å². The van der Waals surface area contributed by atoms with Crippen LogP contribution in [0.3, 0.4) is 0 Å². The molecule has 0 aliphatic heterocycles. The molecule has 0 saturated heterocycles. The Morgan fingerprint density at radius 3 is 2.67 bits per heavy atom. The van der Waals surface area contributed by atoms with Gasteiger partial charge in [0.05, 0.1) is 0 Å². The first-order chi connectivity index (χ1) is 2.93. The summed E-state index contributed by atoms with van der Waals surface area (Å²) in [5.74, 6) is 2.24. The van der Waals surface area contributed by atoms with Crippen molar-refractivity contribution >= 4 is 8.35 Å². The number of H-pyrrole nitrogens is 1. The van der Waals surface area contributed by atoms with Crippen molar-refractivity contribution in [2.24, 2.45) is 0 Å². The molecule has 2 heteroatoms. The lowest BCUT2D eigenvalue weighted by atomic mass is 10.4. The summed E-state index contributed by atoms with van der Waals surface area (Å²) in [4.78, 5) is 0. The molecular weight excluding hydrogens is 93.0 g/mol. The van der Waals surface area contributed by atoms with Crippen molar-refractivity contribution in [1.29, 1.82) is 0 Å². The lowest BCUT2D eigenvalue weighted by molar-refractivity contribution is 1.07. The molecule has 0 aromatic carbocycles. The second-order valence-electron chi connectivity index (χ2n) is 1.29. The summed E-state index contributed by atoms with van der Waals surface area (Å²) in [6.07, 6.45) is 1.17. The van der Waals surface area contributed by atoms with E-state index in [-0.39, 0.29) is 0 Å². The number of aromatic nitrogens is 1. The second-order valence-corrected chi connectivity index (χ2v) is 2.12. The SMILES string of the molecule is CCc1c[pH][nH]1. The van der Waals surface area contributed by atoms with Crippen LogP contribution in [0.15, 0.2) is 5.80 Å². The summed E-state index contributed by atoms with van der Waals surface area (Å²) in [6.45, 7) is 2.16. The highest BCUT2D eigenvalue weighted by atomic mass is 31.0. The summed E-state index contributed by atoms with van der Waals surface area (Å²) in [5, 5.41) is 0. The molecule has 1 N–H and O–H groups in total. The first kappa shape index (κ1) is 4.01. The van der Waals surface area contributed by atoms with Gasteiger partial charge < -0.3 is 4.75 Å². The fourth-order valence-corrected chi connectivity index (χ4v) is 1.09. The molecule has 0 fully saturated rings. The second kappa shape index (κ2) is 1.53. The minimum atomic E-state index is 0.896. The van der Waals surface area contributed by atoms with E-state index in [0.717, 1.165) is 8.35 Å². The molecule has 0 saturated carbocycles. The molecule has 1 rings (SSSR count). The maximum absolute atomic E-state index is 3.18. The number of hydrogen-bond donors (Lipinski definition) is 1. The van der Waals surface area contributed by atoms with Crippen LogP contribution in [0.25, 0.3) is 0 Å². The Morgan fingerprint density at radius 2 is 2.67 bits per heavy atom. The Bertz CT molecular complexity index is 100.